The SMILES string of the molecule is ClCCCc1cn(-c2ccc(Br)c(Cl)c2)nn1. The zero-order valence-corrected chi connectivity index (χ0v) is 12.0. The monoisotopic (exact) mass is 333 g/mol. The van der Waals surface area contributed by atoms with Crippen LogP contribution in [0.2, 0.25) is 5.02 Å². The Bertz CT molecular complexity index is 513. The first-order chi connectivity index (χ1) is 8.20. The zero-order chi connectivity index (χ0) is 12.3. The molecule has 0 bridgehead atoms. The molecule has 1 aromatic carbocycles. The second-order valence-corrected chi connectivity index (χ2v) is 5.18. The van der Waals surface area contributed by atoms with Gasteiger partial charge in [0.25, 0.3) is 0 Å². The third kappa shape index (κ3) is 3.21. The maximum Gasteiger partial charge on any atom is 0.0832 e. The van der Waals surface area contributed by atoms with Crippen LogP contribution in [-0.4, -0.2) is 20.9 Å². The largest absolute Gasteiger partial charge is 0.220 e. The summed E-state index contributed by atoms with van der Waals surface area (Å²) in [6, 6.07) is 5.65. The van der Waals surface area contributed by atoms with Crippen molar-refractivity contribution >= 4 is 39.1 Å². The normalized spacial score (nSPS) is 10.8. The summed E-state index contributed by atoms with van der Waals surface area (Å²) >= 11 is 15.0. The van der Waals surface area contributed by atoms with E-state index in [1.54, 1.807) is 4.68 Å². The Hall–Kier alpha value is -0.580. The smallest absolute Gasteiger partial charge is 0.0832 e. The van der Waals surface area contributed by atoms with E-state index in [2.05, 4.69) is 26.2 Å². The predicted molar refractivity (Wildman–Crippen MR) is 73.1 cm³/mol. The summed E-state index contributed by atoms with van der Waals surface area (Å²) in [5.74, 6) is 0.636. The van der Waals surface area contributed by atoms with E-state index in [1.165, 1.54) is 0 Å². The molecule has 17 heavy (non-hydrogen) atoms. The van der Waals surface area contributed by atoms with Crippen LogP contribution in [0.5, 0.6) is 0 Å². The minimum atomic E-state index is 0.636. The number of hydrogen-bond acceptors (Lipinski definition) is 2. The second kappa shape index (κ2) is 5.85. The van der Waals surface area contributed by atoms with Crippen molar-refractivity contribution < 1.29 is 0 Å². The van der Waals surface area contributed by atoms with Crippen LogP contribution >= 0.6 is 39.1 Å². The van der Waals surface area contributed by atoms with E-state index in [1.807, 2.05) is 24.4 Å². The Morgan fingerprint density at radius 2 is 2.18 bits per heavy atom. The highest BCUT2D eigenvalue weighted by atomic mass is 79.9. The van der Waals surface area contributed by atoms with Gasteiger partial charge < -0.3 is 0 Å². The fourth-order valence-electron chi connectivity index (χ4n) is 1.41. The lowest BCUT2D eigenvalue weighted by Gasteiger charge is -2.01. The number of rotatable bonds is 4. The van der Waals surface area contributed by atoms with Crippen molar-refractivity contribution in [3.05, 3.63) is 39.6 Å². The van der Waals surface area contributed by atoms with Crippen molar-refractivity contribution in [3.63, 3.8) is 0 Å². The van der Waals surface area contributed by atoms with Crippen LogP contribution < -0.4 is 0 Å². The number of aromatic nitrogens is 3. The molecule has 0 amide bonds. The molecule has 90 valence electrons. The highest BCUT2D eigenvalue weighted by Crippen LogP contribution is 2.24. The van der Waals surface area contributed by atoms with E-state index in [0.29, 0.717) is 10.9 Å². The number of halogens is 3. The first-order valence-electron chi connectivity index (χ1n) is 5.13. The summed E-state index contributed by atoms with van der Waals surface area (Å²) in [5, 5.41) is 8.79. The van der Waals surface area contributed by atoms with Crippen molar-refractivity contribution in [2.45, 2.75) is 12.8 Å². The van der Waals surface area contributed by atoms with Crippen LogP contribution in [0.15, 0.2) is 28.9 Å². The number of nitrogens with zero attached hydrogens (tertiary/aromatic N) is 3. The highest BCUT2D eigenvalue weighted by molar-refractivity contribution is 9.10. The maximum absolute atomic E-state index is 6.03. The maximum atomic E-state index is 6.03. The molecule has 0 aliphatic carbocycles. The number of benzene rings is 1. The first-order valence-corrected chi connectivity index (χ1v) is 6.84. The summed E-state index contributed by atoms with van der Waals surface area (Å²) in [5.41, 5.74) is 1.83. The van der Waals surface area contributed by atoms with Gasteiger partial charge in [0, 0.05) is 10.4 Å². The Morgan fingerprint density at radius 1 is 1.35 bits per heavy atom. The quantitative estimate of drug-likeness (QED) is 0.795. The average molecular weight is 335 g/mol. The van der Waals surface area contributed by atoms with Gasteiger partial charge in [0.05, 0.1) is 22.6 Å². The lowest BCUT2D eigenvalue weighted by atomic mass is 10.3. The molecule has 0 unspecified atom stereocenters. The topological polar surface area (TPSA) is 30.7 Å². The number of alkyl halides is 1. The number of hydrogen-bond donors (Lipinski definition) is 0. The van der Waals surface area contributed by atoms with Gasteiger partial charge >= 0.3 is 0 Å². The standard InChI is InChI=1S/C11H10BrCl2N3/c12-10-4-3-9(6-11(10)14)17-7-8(15-16-17)2-1-5-13/h3-4,6-7H,1-2,5H2. The molecular weight excluding hydrogens is 325 g/mol. The molecule has 0 N–H and O–H groups in total. The molecule has 2 aromatic rings. The van der Waals surface area contributed by atoms with Gasteiger partial charge in [-0.25, -0.2) is 4.68 Å². The van der Waals surface area contributed by atoms with Gasteiger partial charge in [0.1, 0.15) is 0 Å². The van der Waals surface area contributed by atoms with Crippen molar-refractivity contribution in [1.29, 1.82) is 0 Å². The van der Waals surface area contributed by atoms with Crippen LogP contribution in [-0.2, 0) is 6.42 Å². The first kappa shape index (κ1) is 12.9. The fourth-order valence-corrected chi connectivity index (χ4v) is 1.97. The molecule has 0 aliphatic heterocycles. The van der Waals surface area contributed by atoms with Gasteiger partial charge in [-0.2, -0.15) is 0 Å². The van der Waals surface area contributed by atoms with Crippen molar-refractivity contribution in [3.8, 4) is 5.69 Å². The van der Waals surface area contributed by atoms with Gasteiger partial charge in [-0.15, -0.1) is 16.7 Å². The third-order valence-corrected chi connectivity index (χ3v) is 3.77. The van der Waals surface area contributed by atoms with E-state index in [4.69, 9.17) is 23.2 Å². The van der Waals surface area contributed by atoms with Crippen molar-refractivity contribution in [1.82, 2.24) is 15.0 Å². The summed E-state index contributed by atoms with van der Waals surface area (Å²) in [6.45, 7) is 0. The molecule has 0 saturated heterocycles. The number of aryl methyl sites for hydroxylation is 1. The zero-order valence-electron chi connectivity index (χ0n) is 8.91. The summed E-state index contributed by atoms with van der Waals surface area (Å²) in [4.78, 5) is 0. The highest BCUT2D eigenvalue weighted by Gasteiger charge is 2.04. The molecule has 0 atom stereocenters. The minimum absolute atomic E-state index is 0.636. The van der Waals surface area contributed by atoms with E-state index in [0.717, 1.165) is 28.7 Å². The molecule has 0 fully saturated rings. The Morgan fingerprint density at radius 3 is 2.88 bits per heavy atom. The van der Waals surface area contributed by atoms with Crippen LogP contribution in [0.25, 0.3) is 5.69 Å². The summed E-state index contributed by atoms with van der Waals surface area (Å²) < 4.78 is 2.58. The van der Waals surface area contributed by atoms with E-state index in [9.17, 15) is 0 Å². The van der Waals surface area contributed by atoms with Gasteiger partial charge in [-0.3, -0.25) is 0 Å². The van der Waals surface area contributed by atoms with E-state index in [-0.39, 0.29) is 0 Å². The molecule has 0 saturated carbocycles. The molecule has 6 heteroatoms. The van der Waals surface area contributed by atoms with Crippen LogP contribution in [0.4, 0.5) is 0 Å². The third-order valence-electron chi connectivity index (χ3n) is 2.28. The average Bonchev–Trinajstić information content (AvgIpc) is 2.79. The van der Waals surface area contributed by atoms with Crippen molar-refractivity contribution in [2.75, 3.05) is 5.88 Å². The summed E-state index contributed by atoms with van der Waals surface area (Å²) in [7, 11) is 0. The van der Waals surface area contributed by atoms with E-state index < -0.39 is 0 Å². The van der Waals surface area contributed by atoms with Crippen molar-refractivity contribution in [2.24, 2.45) is 0 Å². The van der Waals surface area contributed by atoms with Crippen LogP contribution in [0, 0.1) is 0 Å². The Kier molecular flexibility index (Phi) is 4.42. The predicted octanol–water partition coefficient (Wildman–Crippen LogP) is 3.85. The molecule has 0 radical (unpaired) electrons. The van der Waals surface area contributed by atoms with Gasteiger partial charge in [-0.1, -0.05) is 16.8 Å². The molecule has 1 aromatic heterocycles. The Labute approximate surface area is 118 Å². The molecular formula is C11H10BrCl2N3. The Balaban J connectivity index is 2.21. The van der Waals surface area contributed by atoms with Gasteiger partial charge in [0.15, 0.2) is 0 Å². The van der Waals surface area contributed by atoms with Crippen LogP contribution in [0.1, 0.15) is 12.1 Å². The van der Waals surface area contributed by atoms with Gasteiger partial charge in [-0.05, 0) is 47.0 Å². The molecule has 0 aliphatic rings. The summed E-state index contributed by atoms with van der Waals surface area (Å²) in [6.07, 6.45) is 3.64. The second-order valence-electron chi connectivity index (χ2n) is 3.55. The fraction of sp³-hybridized carbons (Fsp3) is 0.273. The van der Waals surface area contributed by atoms with E-state index >= 15 is 0 Å². The van der Waals surface area contributed by atoms with Crippen LogP contribution in [0.3, 0.4) is 0 Å². The molecule has 0 spiro atoms. The van der Waals surface area contributed by atoms with Gasteiger partial charge in [0.2, 0.25) is 0 Å². The lowest BCUT2D eigenvalue weighted by molar-refractivity contribution is 0.792. The minimum Gasteiger partial charge on any atom is -0.220 e. The molecule has 2 rings (SSSR count). The lowest BCUT2D eigenvalue weighted by Crippen LogP contribution is -1.94. The molecule has 1 heterocycles. The molecule has 3 nitrogen and oxygen atoms in total.